The maximum atomic E-state index is 11.2. The van der Waals surface area contributed by atoms with E-state index in [0.717, 1.165) is 18.6 Å². The van der Waals surface area contributed by atoms with E-state index >= 15 is 0 Å². The van der Waals surface area contributed by atoms with Gasteiger partial charge >= 0.3 is 0 Å². The molecule has 1 heterocycles. The maximum Gasteiger partial charge on any atom is 0.270 e. The minimum absolute atomic E-state index is 0.0305. The summed E-state index contributed by atoms with van der Waals surface area (Å²) in [6, 6.07) is 0. The Hall–Kier alpha value is -0.920. The predicted molar refractivity (Wildman–Crippen MR) is 62.1 cm³/mol. The fourth-order valence-electron chi connectivity index (χ4n) is 2.39. The third-order valence-corrected chi connectivity index (χ3v) is 3.27. The van der Waals surface area contributed by atoms with Crippen LogP contribution in [0.5, 0.6) is 0 Å². The summed E-state index contributed by atoms with van der Waals surface area (Å²) in [5, 5.41) is 0. The molecule has 0 aromatic rings. The maximum absolute atomic E-state index is 11.2. The highest BCUT2D eigenvalue weighted by Crippen LogP contribution is 2.22. The Bertz CT molecular complexity index is 274. The van der Waals surface area contributed by atoms with Crippen LogP contribution in [-0.2, 0) is 4.79 Å². The Morgan fingerprint density at radius 3 is 2.20 bits per heavy atom. The van der Waals surface area contributed by atoms with Gasteiger partial charge in [0.25, 0.3) is 5.91 Å². The van der Waals surface area contributed by atoms with Gasteiger partial charge in [0, 0.05) is 11.8 Å². The molecule has 0 atom stereocenters. The van der Waals surface area contributed by atoms with Crippen LogP contribution in [0.4, 0.5) is 0 Å². The van der Waals surface area contributed by atoms with Gasteiger partial charge in [-0.15, -0.1) is 0 Å². The lowest BCUT2D eigenvalue weighted by Crippen LogP contribution is -1.99. The van der Waals surface area contributed by atoms with Crippen molar-refractivity contribution in [3.8, 4) is 0 Å². The zero-order valence-electron chi connectivity index (χ0n) is 9.30. The molecule has 1 saturated carbocycles. The number of rotatable bonds is 0. The molecule has 1 amide bonds. The lowest BCUT2D eigenvalue weighted by atomic mass is 10.0. The second kappa shape index (κ2) is 5.24. The zero-order chi connectivity index (χ0) is 10.5. The molecule has 2 heteroatoms. The van der Waals surface area contributed by atoms with Crippen LogP contribution >= 0.6 is 0 Å². The second-order valence-corrected chi connectivity index (χ2v) is 4.54. The van der Waals surface area contributed by atoms with Crippen molar-refractivity contribution in [3.63, 3.8) is 0 Å². The van der Waals surface area contributed by atoms with Crippen molar-refractivity contribution in [3.05, 3.63) is 11.6 Å². The highest BCUT2D eigenvalue weighted by Gasteiger charge is 2.16. The van der Waals surface area contributed by atoms with Crippen LogP contribution in [0.15, 0.2) is 16.6 Å². The average molecular weight is 205 g/mol. The van der Waals surface area contributed by atoms with Crippen molar-refractivity contribution >= 4 is 11.6 Å². The Labute approximate surface area is 91.5 Å². The van der Waals surface area contributed by atoms with Gasteiger partial charge in [-0.3, -0.25) is 4.79 Å². The smallest absolute Gasteiger partial charge is 0.267 e. The van der Waals surface area contributed by atoms with E-state index in [0.29, 0.717) is 0 Å². The molecular formula is C13H19NO. The molecule has 0 bridgehead atoms. The molecular weight excluding hydrogens is 186 g/mol. The number of carbonyl (C=O) groups is 1. The lowest BCUT2D eigenvalue weighted by Gasteiger charge is -2.04. The molecule has 0 aromatic heterocycles. The number of allylic oxidation sites excluding steroid dienone is 1. The van der Waals surface area contributed by atoms with Crippen molar-refractivity contribution in [2.75, 3.05) is 0 Å². The van der Waals surface area contributed by atoms with Crippen LogP contribution in [0.3, 0.4) is 0 Å². The van der Waals surface area contributed by atoms with Gasteiger partial charge in [0.2, 0.25) is 0 Å². The molecule has 1 aliphatic heterocycles. The van der Waals surface area contributed by atoms with Gasteiger partial charge in [-0.05, 0) is 31.3 Å². The van der Waals surface area contributed by atoms with Crippen LogP contribution in [0.1, 0.15) is 57.8 Å². The number of carbonyl (C=O) groups excluding carboxylic acids is 1. The topological polar surface area (TPSA) is 29.4 Å². The fraction of sp³-hybridized carbons (Fsp3) is 0.692. The van der Waals surface area contributed by atoms with Gasteiger partial charge in [-0.25, -0.2) is 4.99 Å². The largest absolute Gasteiger partial charge is 0.270 e. The van der Waals surface area contributed by atoms with Crippen molar-refractivity contribution < 1.29 is 4.79 Å². The molecule has 0 unspecified atom stereocenters. The van der Waals surface area contributed by atoms with E-state index in [-0.39, 0.29) is 5.91 Å². The van der Waals surface area contributed by atoms with E-state index in [2.05, 4.69) is 4.99 Å². The summed E-state index contributed by atoms with van der Waals surface area (Å²) in [4.78, 5) is 15.3. The van der Waals surface area contributed by atoms with Crippen LogP contribution in [0, 0.1) is 0 Å². The normalized spacial score (nSPS) is 23.9. The minimum atomic E-state index is -0.0305. The first-order chi connectivity index (χ1) is 7.36. The molecule has 1 aliphatic carbocycles. The Morgan fingerprint density at radius 1 is 0.867 bits per heavy atom. The van der Waals surface area contributed by atoms with Crippen molar-refractivity contribution in [2.45, 2.75) is 57.8 Å². The number of fused-ring (bicyclic) bond motifs is 1. The van der Waals surface area contributed by atoms with Crippen LogP contribution < -0.4 is 0 Å². The first-order valence-electron chi connectivity index (χ1n) is 6.19. The third kappa shape index (κ3) is 3.01. The molecule has 0 saturated heterocycles. The highest BCUT2D eigenvalue weighted by atomic mass is 16.1. The van der Waals surface area contributed by atoms with E-state index in [1.54, 1.807) is 6.08 Å². The predicted octanol–water partition coefficient (Wildman–Crippen LogP) is 3.42. The summed E-state index contributed by atoms with van der Waals surface area (Å²) in [5.41, 5.74) is 2.31. The Balaban J connectivity index is 1.99. The summed E-state index contributed by atoms with van der Waals surface area (Å²) < 4.78 is 0. The summed E-state index contributed by atoms with van der Waals surface area (Å²) in [6.45, 7) is 0. The van der Waals surface area contributed by atoms with E-state index in [1.165, 1.54) is 50.5 Å². The summed E-state index contributed by atoms with van der Waals surface area (Å²) in [6.07, 6.45) is 12.9. The number of hydrogen-bond donors (Lipinski definition) is 0. The Morgan fingerprint density at radius 2 is 1.47 bits per heavy atom. The second-order valence-electron chi connectivity index (χ2n) is 4.54. The van der Waals surface area contributed by atoms with E-state index in [1.807, 2.05) is 0 Å². The van der Waals surface area contributed by atoms with Crippen molar-refractivity contribution in [1.82, 2.24) is 0 Å². The quantitative estimate of drug-likeness (QED) is 0.595. The molecule has 2 rings (SSSR count). The minimum Gasteiger partial charge on any atom is -0.267 e. The zero-order valence-corrected chi connectivity index (χ0v) is 9.30. The first kappa shape index (κ1) is 10.6. The van der Waals surface area contributed by atoms with Gasteiger partial charge in [0.1, 0.15) is 0 Å². The standard InChI is InChI=1S/C13H19NO/c15-13-10-11-8-6-4-2-1-3-5-7-9-12(11)14-13/h10H,1-9H2. The van der Waals surface area contributed by atoms with Gasteiger partial charge in [-0.2, -0.15) is 0 Å². The van der Waals surface area contributed by atoms with E-state index < -0.39 is 0 Å². The number of aliphatic imine (C=N–C) groups is 1. The van der Waals surface area contributed by atoms with Crippen LogP contribution in [0.2, 0.25) is 0 Å². The van der Waals surface area contributed by atoms with Crippen molar-refractivity contribution in [2.24, 2.45) is 4.99 Å². The average Bonchev–Trinajstić information content (AvgIpc) is 2.54. The highest BCUT2D eigenvalue weighted by molar-refractivity contribution is 6.16. The molecule has 1 fully saturated rings. The molecule has 15 heavy (non-hydrogen) atoms. The molecule has 0 N–H and O–H groups in total. The third-order valence-electron chi connectivity index (χ3n) is 3.27. The summed E-state index contributed by atoms with van der Waals surface area (Å²) >= 11 is 0. The molecule has 0 radical (unpaired) electrons. The number of hydrogen-bond acceptors (Lipinski definition) is 1. The fourth-order valence-corrected chi connectivity index (χ4v) is 2.39. The molecule has 2 nitrogen and oxygen atoms in total. The lowest BCUT2D eigenvalue weighted by molar-refractivity contribution is -0.113. The van der Waals surface area contributed by atoms with E-state index in [4.69, 9.17) is 0 Å². The van der Waals surface area contributed by atoms with E-state index in [9.17, 15) is 4.79 Å². The number of amides is 1. The SMILES string of the molecule is O=C1C=C2CCCCCCCCCC2=N1. The monoisotopic (exact) mass is 205 g/mol. The molecule has 0 aromatic carbocycles. The van der Waals surface area contributed by atoms with Crippen molar-refractivity contribution in [1.29, 1.82) is 0 Å². The van der Waals surface area contributed by atoms with Gasteiger partial charge < -0.3 is 0 Å². The van der Waals surface area contributed by atoms with Gasteiger partial charge in [0.15, 0.2) is 0 Å². The molecule has 82 valence electrons. The van der Waals surface area contributed by atoms with Gasteiger partial charge in [0.05, 0.1) is 0 Å². The Kier molecular flexibility index (Phi) is 3.70. The van der Waals surface area contributed by atoms with Crippen LogP contribution in [-0.4, -0.2) is 11.6 Å². The summed E-state index contributed by atoms with van der Waals surface area (Å²) in [7, 11) is 0. The summed E-state index contributed by atoms with van der Waals surface area (Å²) in [5.74, 6) is -0.0305. The number of nitrogens with zero attached hydrogens (tertiary/aromatic N) is 1. The molecule has 0 spiro atoms. The molecule has 2 aliphatic rings. The van der Waals surface area contributed by atoms with Gasteiger partial charge in [-0.1, -0.05) is 32.1 Å². The first-order valence-corrected chi connectivity index (χ1v) is 6.19. The van der Waals surface area contributed by atoms with Crippen LogP contribution in [0.25, 0.3) is 0 Å².